The minimum absolute atomic E-state index is 0. The van der Waals surface area contributed by atoms with Gasteiger partial charge >= 0.3 is 0 Å². The van der Waals surface area contributed by atoms with Crippen LogP contribution in [0.5, 0.6) is 0 Å². The number of rotatable bonds is 0. The van der Waals surface area contributed by atoms with Crippen molar-refractivity contribution in [1.82, 2.24) is 0 Å². The molecule has 0 saturated heterocycles. The van der Waals surface area contributed by atoms with Crippen molar-refractivity contribution >= 4 is 0 Å². The molecule has 0 saturated carbocycles. The van der Waals surface area contributed by atoms with Gasteiger partial charge in [-0.2, -0.15) is 0 Å². The van der Waals surface area contributed by atoms with Crippen LogP contribution in [-0.4, -0.2) is 5.48 Å². The molecule has 0 aliphatic rings. The first-order valence-corrected chi connectivity index (χ1v) is 0. The van der Waals surface area contributed by atoms with E-state index in [9.17, 15) is 0 Å². The second-order valence-electron chi connectivity index (χ2n) is 0. The Morgan fingerprint density at radius 3 is 0.111 bits per heavy atom. The molecule has 0 bridgehead atoms. The zero-order valence-corrected chi connectivity index (χ0v) is 25.3. The van der Waals surface area contributed by atoms with Crippen LogP contribution in [0, 0.1) is 0 Å². The molecule has 0 fully saturated rings. The number of hydrogen-bond acceptors (Lipinski definition) is 0. The molecule has 0 aliphatic heterocycles. The summed E-state index contributed by atoms with van der Waals surface area (Å²) in [4.78, 5) is 0. The summed E-state index contributed by atoms with van der Waals surface area (Å²) in [6.07, 6.45) is 0. The molecule has 0 rings (SSSR count). The Morgan fingerprint density at radius 2 is 0.111 bits per heavy atom. The summed E-state index contributed by atoms with van der Waals surface area (Å²) in [6, 6.07) is 0. The monoisotopic (exact) mass is 969 g/mol. The van der Waals surface area contributed by atoms with Gasteiger partial charge in [-0.25, -0.2) is 0 Å². The Bertz CT molecular complexity index is 5.57. The Kier molecular flexibility index (Phi) is 2630. The van der Waals surface area contributed by atoms with Crippen LogP contribution in [0.3, 0.4) is 0 Å². The second-order valence-corrected chi connectivity index (χ2v) is 0. The van der Waals surface area contributed by atoms with Crippen LogP contribution in [0.2, 0.25) is 0 Å². The Morgan fingerprint density at radius 1 is 0.111 bits per heavy atom. The van der Waals surface area contributed by atoms with Gasteiger partial charge in [0.15, 0.2) is 0 Å². The van der Waals surface area contributed by atoms with Gasteiger partial charge in [0.2, 0.25) is 0 Å². The maximum absolute atomic E-state index is 0. The molecule has 0 atom stereocenters. The van der Waals surface area contributed by atoms with E-state index >= 15 is 0 Å². The molecule has 0 heterocycles. The first kappa shape index (κ1) is 231. The fourth-order valence-corrected chi connectivity index (χ4v) is 0. The van der Waals surface area contributed by atoms with Gasteiger partial charge in [-0.15, -0.1) is 0 Å². The first-order valence-electron chi connectivity index (χ1n) is 0. The quantitative estimate of drug-likeness (QED) is 0.284. The minimum atomic E-state index is 0. The Labute approximate surface area is 289 Å². The Hall–Kier alpha value is 8.79. The second kappa shape index (κ2) is 205. The van der Waals surface area contributed by atoms with Crippen molar-refractivity contribution in [1.29, 1.82) is 0 Å². The molecule has 18 heteroatoms. The van der Waals surface area contributed by atoms with Gasteiger partial charge in [-0.3, -0.25) is 0 Å². The van der Waals surface area contributed by atoms with Gasteiger partial charge in [0.1, 0.15) is 0 Å². The van der Waals surface area contributed by atoms with Crippen molar-refractivity contribution in [3.63, 3.8) is 0 Å². The largest absolute Gasteiger partial charge is 0.412 e. The van der Waals surface area contributed by atoms with Crippen molar-refractivity contribution in [2.75, 3.05) is 0 Å². The molecule has 0 radical (unpaired) electrons. The van der Waals surface area contributed by atoms with E-state index < -0.39 is 0 Å². The van der Waals surface area contributed by atoms with Crippen molar-refractivity contribution < 1.29 is 296 Å². The molecule has 144 valence electrons. The maximum Gasteiger partial charge on any atom is 0 e. The van der Waals surface area contributed by atoms with E-state index in [2.05, 4.69) is 0 Å². The van der Waals surface area contributed by atoms with Crippen LogP contribution in [0.1, 0.15) is 0 Å². The molecule has 0 aliphatic carbocycles. The third kappa shape index (κ3) is 182. The van der Waals surface area contributed by atoms with Gasteiger partial charge in [0, 0.05) is 290 Å². The van der Waals surface area contributed by atoms with Gasteiger partial charge in [-0.05, 0) is 0 Å². The van der Waals surface area contributed by atoms with Crippen molar-refractivity contribution in [3.05, 3.63) is 0 Å². The SMILES string of the molecule is O.[Fe].[Fe].[Fe].[Fe].[Fe].[Fe].[Fe].[Fe].[Fe].[Fe].[Fe].[Fe].[Fe].[Fe].[Fe].[Fe].[Fe]. The van der Waals surface area contributed by atoms with Gasteiger partial charge < -0.3 is 5.48 Å². The Balaban J connectivity index is 0. The smallest absolute Gasteiger partial charge is 0 e. The summed E-state index contributed by atoms with van der Waals surface area (Å²) in [7, 11) is 0. The van der Waals surface area contributed by atoms with E-state index in [1.165, 1.54) is 0 Å². The zero-order valence-electron chi connectivity index (χ0n) is 6.51. The van der Waals surface area contributed by atoms with E-state index in [-0.39, 0.29) is 296 Å². The molecular formula is H2Fe17O. The zero-order chi connectivity index (χ0) is 0. The molecular weight excluding hydrogens is 965 g/mol. The first-order chi connectivity index (χ1) is 0. The summed E-state index contributed by atoms with van der Waals surface area (Å²) in [6.45, 7) is 0. The third-order valence-electron chi connectivity index (χ3n) is 0. The van der Waals surface area contributed by atoms with E-state index in [0.717, 1.165) is 0 Å². The molecule has 0 aromatic carbocycles. The van der Waals surface area contributed by atoms with Crippen molar-refractivity contribution in [3.8, 4) is 0 Å². The van der Waals surface area contributed by atoms with Gasteiger partial charge in [-0.1, -0.05) is 0 Å². The molecule has 18 heavy (non-hydrogen) atoms. The molecule has 0 aromatic rings. The summed E-state index contributed by atoms with van der Waals surface area (Å²) in [5.41, 5.74) is 0. The number of hydrogen-bond donors (Lipinski definition) is 0. The predicted molar refractivity (Wildman–Crippen MR) is 3.61 cm³/mol. The van der Waals surface area contributed by atoms with Crippen molar-refractivity contribution in [2.45, 2.75) is 0 Å². The van der Waals surface area contributed by atoms with E-state index in [1.54, 1.807) is 0 Å². The molecule has 0 aromatic heterocycles. The summed E-state index contributed by atoms with van der Waals surface area (Å²) in [5, 5.41) is 0. The molecule has 0 spiro atoms. The maximum atomic E-state index is 0. The normalized spacial score (nSPS) is 0. The molecule has 0 amide bonds. The molecule has 0 unspecified atom stereocenters. The standard InChI is InChI=1S/17Fe.H2O/h;;;;;;;;;;;;;;;;;1H2. The summed E-state index contributed by atoms with van der Waals surface area (Å²) in [5.74, 6) is 0. The minimum Gasteiger partial charge on any atom is -0.412 e. The van der Waals surface area contributed by atoms with Gasteiger partial charge in [0.05, 0.1) is 0 Å². The average molecular weight is 967 g/mol. The molecule has 1 nitrogen and oxygen atoms in total. The van der Waals surface area contributed by atoms with Crippen LogP contribution >= 0.6 is 0 Å². The van der Waals surface area contributed by atoms with Crippen LogP contribution < -0.4 is 0 Å². The summed E-state index contributed by atoms with van der Waals surface area (Å²) < 4.78 is 0. The summed E-state index contributed by atoms with van der Waals surface area (Å²) >= 11 is 0. The topological polar surface area (TPSA) is 31.5 Å². The van der Waals surface area contributed by atoms with Crippen LogP contribution in [0.4, 0.5) is 0 Å². The van der Waals surface area contributed by atoms with Crippen LogP contribution in [-0.2, 0) is 290 Å². The van der Waals surface area contributed by atoms with Gasteiger partial charge in [0.25, 0.3) is 0 Å². The van der Waals surface area contributed by atoms with E-state index in [0.29, 0.717) is 0 Å². The van der Waals surface area contributed by atoms with Crippen LogP contribution in [0.25, 0.3) is 0 Å². The third-order valence-corrected chi connectivity index (χ3v) is 0. The predicted octanol–water partition coefficient (Wildman–Crippen LogP) is -0.867. The fraction of sp³-hybridized carbons (Fsp3) is 0. The van der Waals surface area contributed by atoms with E-state index in [4.69, 9.17) is 0 Å². The van der Waals surface area contributed by atoms with Crippen LogP contribution in [0.15, 0.2) is 0 Å². The fourth-order valence-electron chi connectivity index (χ4n) is 0. The molecule has 2 N–H and O–H groups in total. The van der Waals surface area contributed by atoms with E-state index in [1.807, 2.05) is 0 Å². The average Bonchev–Trinajstić information content (AvgIpc) is 0. The van der Waals surface area contributed by atoms with Crippen molar-refractivity contribution in [2.24, 2.45) is 0 Å².